The number of carbonyl (C=O) groups excluding carboxylic acids is 2. The zero-order valence-corrected chi connectivity index (χ0v) is 22.6. The number of carbonyl (C=O) groups is 2. The van der Waals surface area contributed by atoms with Crippen LogP contribution in [0.3, 0.4) is 0 Å². The molecular formula is C32H28N4O7. The Hall–Kier alpha value is -6.36. The van der Waals surface area contributed by atoms with Crippen molar-refractivity contribution in [3.8, 4) is 34.5 Å². The van der Waals surface area contributed by atoms with E-state index in [4.69, 9.17) is 9.84 Å². The highest BCUT2D eigenvalue weighted by molar-refractivity contribution is 6.01. The van der Waals surface area contributed by atoms with Crippen molar-refractivity contribution in [2.24, 2.45) is 0 Å². The fourth-order valence-corrected chi connectivity index (χ4v) is 3.57. The Labute approximate surface area is 246 Å². The number of para-hydroxylation sites is 2. The molecule has 4 amide bonds. The molecule has 0 aromatic heterocycles. The van der Waals surface area contributed by atoms with Gasteiger partial charge in [-0.25, -0.2) is 9.59 Å². The summed E-state index contributed by atoms with van der Waals surface area (Å²) in [5.74, 6) is 0.802. The van der Waals surface area contributed by atoms with Crippen LogP contribution in [0.2, 0.25) is 0 Å². The van der Waals surface area contributed by atoms with Crippen LogP contribution in [0.1, 0.15) is 0 Å². The first-order chi connectivity index (χ1) is 20.7. The minimum Gasteiger partial charge on any atom is -0.508 e. The van der Waals surface area contributed by atoms with Gasteiger partial charge in [0.1, 0.15) is 34.5 Å². The van der Waals surface area contributed by atoms with Crippen LogP contribution in [0, 0.1) is 0 Å². The number of hydrogen-bond donors (Lipinski definition) is 8. The van der Waals surface area contributed by atoms with Crippen molar-refractivity contribution in [2.45, 2.75) is 0 Å². The molecule has 5 aromatic rings. The first-order valence-corrected chi connectivity index (χ1v) is 12.8. The Morgan fingerprint density at radius 1 is 0.465 bits per heavy atom. The van der Waals surface area contributed by atoms with E-state index in [1.807, 2.05) is 36.4 Å². The van der Waals surface area contributed by atoms with E-state index in [0.29, 0.717) is 17.1 Å². The van der Waals surface area contributed by atoms with Crippen LogP contribution in [-0.2, 0) is 0 Å². The van der Waals surface area contributed by atoms with Crippen molar-refractivity contribution >= 4 is 34.8 Å². The number of amides is 4. The van der Waals surface area contributed by atoms with E-state index in [9.17, 15) is 24.9 Å². The molecule has 0 unspecified atom stereocenters. The zero-order chi connectivity index (χ0) is 30.6. The lowest BCUT2D eigenvalue weighted by atomic mass is 10.2. The highest BCUT2D eigenvalue weighted by Crippen LogP contribution is 2.28. The van der Waals surface area contributed by atoms with Crippen molar-refractivity contribution in [3.05, 3.63) is 121 Å². The van der Waals surface area contributed by atoms with Gasteiger partial charge in [0.15, 0.2) is 0 Å². The normalized spacial score (nSPS) is 9.95. The van der Waals surface area contributed by atoms with Crippen LogP contribution in [0.15, 0.2) is 121 Å². The molecule has 0 spiro atoms. The quantitative estimate of drug-likeness (QED) is 0.0770. The third-order valence-corrected chi connectivity index (χ3v) is 5.58. The van der Waals surface area contributed by atoms with E-state index < -0.39 is 12.1 Å². The van der Waals surface area contributed by atoms with Crippen LogP contribution < -0.4 is 26.0 Å². The Balaban J connectivity index is 0.000000208. The fraction of sp³-hybridized carbons (Fsp3) is 0. The molecule has 11 heteroatoms. The van der Waals surface area contributed by atoms with E-state index in [1.54, 1.807) is 48.5 Å². The number of phenols is 4. The summed E-state index contributed by atoms with van der Waals surface area (Å²) in [5.41, 5.74) is 1.63. The monoisotopic (exact) mass is 580 g/mol. The SMILES string of the molecule is O=C(Nc1ccc(Oc2ccccc2)cc1)Nc1ccc(O)cc1O.O=C(Nc1ccccc1)Nc1ccc(O)cc1O. The smallest absolute Gasteiger partial charge is 0.323 e. The van der Waals surface area contributed by atoms with Crippen molar-refractivity contribution in [1.82, 2.24) is 0 Å². The average molecular weight is 581 g/mol. The molecule has 218 valence electrons. The molecule has 11 nitrogen and oxygen atoms in total. The van der Waals surface area contributed by atoms with Gasteiger partial charge in [0.2, 0.25) is 0 Å². The van der Waals surface area contributed by atoms with Crippen LogP contribution in [0.4, 0.5) is 32.3 Å². The van der Waals surface area contributed by atoms with Crippen molar-refractivity contribution in [2.75, 3.05) is 21.3 Å². The molecule has 0 atom stereocenters. The minimum absolute atomic E-state index is 0.0680. The summed E-state index contributed by atoms with van der Waals surface area (Å²) in [7, 11) is 0. The van der Waals surface area contributed by atoms with Gasteiger partial charge in [0.05, 0.1) is 11.4 Å². The molecule has 5 aromatic carbocycles. The first kappa shape index (κ1) is 29.6. The van der Waals surface area contributed by atoms with Gasteiger partial charge in [0, 0.05) is 23.5 Å². The van der Waals surface area contributed by atoms with E-state index in [1.165, 1.54) is 24.3 Å². The maximum Gasteiger partial charge on any atom is 0.323 e. The third kappa shape index (κ3) is 9.36. The molecular weight excluding hydrogens is 552 g/mol. The zero-order valence-electron chi connectivity index (χ0n) is 22.6. The molecule has 8 N–H and O–H groups in total. The highest BCUT2D eigenvalue weighted by Gasteiger charge is 2.08. The molecule has 0 aliphatic heterocycles. The van der Waals surface area contributed by atoms with Crippen LogP contribution in [0.5, 0.6) is 34.5 Å². The van der Waals surface area contributed by atoms with Gasteiger partial charge in [-0.3, -0.25) is 0 Å². The van der Waals surface area contributed by atoms with Gasteiger partial charge in [-0.05, 0) is 72.8 Å². The van der Waals surface area contributed by atoms with Gasteiger partial charge >= 0.3 is 12.1 Å². The van der Waals surface area contributed by atoms with E-state index in [2.05, 4.69) is 21.3 Å². The Morgan fingerprint density at radius 2 is 0.884 bits per heavy atom. The second-order valence-electron chi connectivity index (χ2n) is 8.87. The fourth-order valence-electron chi connectivity index (χ4n) is 3.57. The molecule has 0 aliphatic rings. The summed E-state index contributed by atoms with van der Waals surface area (Å²) in [6.07, 6.45) is 0. The molecule has 5 rings (SSSR count). The lowest BCUT2D eigenvalue weighted by Gasteiger charge is -2.10. The predicted octanol–water partition coefficient (Wildman–Crippen LogP) is 7.28. The van der Waals surface area contributed by atoms with Crippen LogP contribution in [0.25, 0.3) is 0 Å². The number of rotatable bonds is 6. The molecule has 0 aliphatic carbocycles. The average Bonchev–Trinajstić information content (AvgIpc) is 2.98. The van der Waals surface area contributed by atoms with Crippen molar-refractivity contribution in [1.29, 1.82) is 0 Å². The van der Waals surface area contributed by atoms with E-state index >= 15 is 0 Å². The number of nitrogens with one attached hydrogen (secondary N) is 4. The second-order valence-corrected chi connectivity index (χ2v) is 8.87. The number of anilines is 4. The van der Waals surface area contributed by atoms with Gasteiger partial charge < -0.3 is 46.4 Å². The summed E-state index contributed by atoms with van der Waals surface area (Å²) in [6, 6.07) is 32.1. The van der Waals surface area contributed by atoms with Crippen LogP contribution in [-0.4, -0.2) is 32.5 Å². The van der Waals surface area contributed by atoms with Gasteiger partial charge in [0.25, 0.3) is 0 Å². The lowest BCUT2D eigenvalue weighted by molar-refractivity contribution is 0.261. The maximum atomic E-state index is 12.0. The number of benzene rings is 5. The molecule has 0 saturated carbocycles. The third-order valence-electron chi connectivity index (χ3n) is 5.58. The molecule has 0 saturated heterocycles. The summed E-state index contributed by atoms with van der Waals surface area (Å²) in [6.45, 7) is 0. The summed E-state index contributed by atoms with van der Waals surface area (Å²) < 4.78 is 5.68. The molecule has 0 heterocycles. The van der Waals surface area contributed by atoms with E-state index in [0.717, 1.165) is 17.9 Å². The van der Waals surface area contributed by atoms with Crippen molar-refractivity contribution < 1.29 is 34.8 Å². The number of hydrogen-bond acceptors (Lipinski definition) is 7. The predicted molar refractivity (Wildman–Crippen MR) is 164 cm³/mol. The van der Waals surface area contributed by atoms with Gasteiger partial charge in [-0.1, -0.05) is 36.4 Å². The molecule has 0 fully saturated rings. The van der Waals surface area contributed by atoms with Gasteiger partial charge in [-0.15, -0.1) is 0 Å². The molecule has 43 heavy (non-hydrogen) atoms. The topological polar surface area (TPSA) is 172 Å². The van der Waals surface area contributed by atoms with Gasteiger partial charge in [-0.2, -0.15) is 0 Å². The summed E-state index contributed by atoms with van der Waals surface area (Å²) >= 11 is 0. The number of urea groups is 2. The molecule has 0 radical (unpaired) electrons. The number of phenolic OH excluding ortho intramolecular Hbond substituents is 4. The minimum atomic E-state index is -0.516. The lowest BCUT2D eigenvalue weighted by Crippen LogP contribution is -2.19. The molecule has 0 bridgehead atoms. The Bertz CT molecular complexity index is 1670. The standard InChI is InChI=1S/C19H16N2O4.C13H12N2O3/c22-14-8-11-17(18(23)12-14)21-19(24)20-13-6-9-16(10-7-13)25-15-4-2-1-3-5-15;16-10-6-7-11(12(17)8-10)15-13(18)14-9-4-2-1-3-5-9/h1-12,22-23H,(H2,20,21,24);1-8,16-17H,(H2,14,15,18). The summed E-state index contributed by atoms with van der Waals surface area (Å²) in [5, 5.41) is 47.7. The van der Waals surface area contributed by atoms with E-state index in [-0.39, 0.29) is 34.4 Å². The van der Waals surface area contributed by atoms with Crippen LogP contribution >= 0.6 is 0 Å². The summed E-state index contributed by atoms with van der Waals surface area (Å²) in [4.78, 5) is 23.6. The number of aromatic hydroxyl groups is 4. The Kier molecular flexibility index (Phi) is 9.87. The Morgan fingerprint density at radius 3 is 1.35 bits per heavy atom. The second kappa shape index (κ2) is 14.3. The largest absolute Gasteiger partial charge is 0.508 e. The first-order valence-electron chi connectivity index (χ1n) is 12.8. The van der Waals surface area contributed by atoms with Crippen molar-refractivity contribution in [3.63, 3.8) is 0 Å². The number of ether oxygens (including phenoxy) is 1. The maximum absolute atomic E-state index is 12.0. The highest BCUT2D eigenvalue weighted by atomic mass is 16.5.